The number of benzene rings is 2. The fourth-order valence-electron chi connectivity index (χ4n) is 2.53. The maximum absolute atomic E-state index is 12.0. The van der Waals surface area contributed by atoms with Crippen molar-refractivity contribution in [2.75, 3.05) is 0 Å². The summed E-state index contributed by atoms with van der Waals surface area (Å²) in [5.41, 5.74) is 6.64. The second-order valence-electron chi connectivity index (χ2n) is 7.24. The molecular formula is C22H20F6N8O5. The quantitative estimate of drug-likeness (QED) is 0.200. The van der Waals surface area contributed by atoms with Gasteiger partial charge in [0.05, 0.1) is 0 Å². The first-order valence-electron chi connectivity index (χ1n) is 10.9. The number of aromatic nitrogens is 6. The van der Waals surface area contributed by atoms with Crippen LogP contribution in [0.2, 0.25) is 0 Å². The van der Waals surface area contributed by atoms with E-state index in [1.807, 2.05) is 0 Å². The van der Waals surface area contributed by atoms with Crippen molar-refractivity contribution in [1.29, 1.82) is 0 Å². The zero-order chi connectivity index (χ0) is 30.5. The van der Waals surface area contributed by atoms with Crippen LogP contribution in [0.15, 0.2) is 61.2 Å². The third-order valence-electron chi connectivity index (χ3n) is 4.25. The number of carboxylic acid groups (broad SMARTS) is 1. The number of hydrogen-bond donors (Lipinski definition) is 5. The largest absolute Gasteiger partial charge is 0.573 e. The number of aromatic carboxylic acids is 1. The number of aromatic amines is 2. The number of rotatable bonds is 7. The van der Waals surface area contributed by atoms with Crippen molar-refractivity contribution < 1.29 is 50.5 Å². The topological polar surface area (TPSA) is 194 Å². The first kappa shape index (κ1) is 32.0. The Balaban J connectivity index is 0.000000239. The predicted octanol–water partition coefficient (Wildman–Crippen LogP) is 3.18. The second-order valence-corrected chi connectivity index (χ2v) is 7.24. The van der Waals surface area contributed by atoms with Gasteiger partial charge >= 0.3 is 18.7 Å². The van der Waals surface area contributed by atoms with Gasteiger partial charge in [-0.2, -0.15) is 10.2 Å². The summed E-state index contributed by atoms with van der Waals surface area (Å²) in [7, 11) is 0. The number of H-pyrrole nitrogens is 2. The monoisotopic (exact) mass is 590 g/mol. The lowest BCUT2D eigenvalue weighted by Gasteiger charge is -2.09. The minimum absolute atomic E-state index is 0.0574. The highest BCUT2D eigenvalue weighted by Crippen LogP contribution is 2.23. The molecule has 0 atom stereocenters. The zero-order valence-electron chi connectivity index (χ0n) is 20.4. The van der Waals surface area contributed by atoms with E-state index in [9.17, 15) is 35.9 Å². The van der Waals surface area contributed by atoms with E-state index in [1.54, 1.807) is 0 Å². The summed E-state index contributed by atoms with van der Waals surface area (Å²) >= 11 is 0. The van der Waals surface area contributed by atoms with Gasteiger partial charge in [-0.3, -0.25) is 15.0 Å². The molecule has 2 heterocycles. The lowest BCUT2D eigenvalue weighted by Crippen LogP contribution is -2.24. The standard InChI is InChI=1S/C11H9F3N4O2.C8H8F3NO.C3H3N3O2/c12-11(13,14)20-8-3-1-7(2-4-8)5-15-10(19)9-16-6-17-18-9;9-8(10,11)13-7-3-1-6(5-12)2-4-7;7-3(8)2-4-1-5-6-2/h1-4,6H,5H2,(H,15,19)(H,16,17,18);1-4H,5,12H2;1H,(H,7,8)(H,4,5,6). The number of ether oxygens (including phenoxy) is 2. The third-order valence-corrected chi connectivity index (χ3v) is 4.25. The van der Waals surface area contributed by atoms with Crippen LogP contribution in [-0.2, 0) is 13.1 Å². The summed E-state index contributed by atoms with van der Waals surface area (Å²) < 4.78 is 78.3. The number of carbonyl (C=O) groups is 2. The molecule has 19 heteroatoms. The number of amides is 1. The van der Waals surface area contributed by atoms with Crippen LogP contribution in [-0.4, -0.2) is 60.1 Å². The minimum Gasteiger partial charge on any atom is -0.475 e. The Morgan fingerprint density at radius 2 is 1.22 bits per heavy atom. The lowest BCUT2D eigenvalue weighted by molar-refractivity contribution is -0.275. The summed E-state index contributed by atoms with van der Waals surface area (Å²) in [6.07, 6.45) is -7.02. The van der Waals surface area contributed by atoms with Gasteiger partial charge in [0.15, 0.2) is 0 Å². The first-order valence-corrected chi connectivity index (χ1v) is 10.9. The Kier molecular flexibility index (Phi) is 11.6. The highest BCUT2D eigenvalue weighted by Gasteiger charge is 2.31. The highest BCUT2D eigenvalue weighted by atomic mass is 19.4. The van der Waals surface area contributed by atoms with E-state index in [1.165, 1.54) is 54.9 Å². The molecule has 0 unspecified atom stereocenters. The van der Waals surface area contributed by atoms with E-state index >= 15 is 0 Å². The van der Waals surface area contributed by atoms with Gasteiger partial charge in [0, 0.05) is 13.1 Å². The van der Waals surface area contributed by atoms with Crippen LogP contribution in [0.3, 0.4) is 0 Å². The molecule has 0 aliphatic heterocycles. The summed E-state index contributed by atoms with van der Waals surface area (Å²) in [5.74, 6) is -2.18. The fourth-order valence-corrected chi connectivity index (χ4v) is 2.53. The van der Waals surface area contributed by atoms with Gasteiger partial charge in [-0.25, -0.2) is 14.8 Å². The average molecular weight is 590 g/mol. The predicted molar refractivity (Wildman–Crippen MR) is 125 cm³/mol. The molecule has 0 aliphatic carbocycles. The van der Waals surface area contributed by atoms with E-state index in [2.05, 4.69) is 45.2 Å². The number of alkyl halides is 6. The average Bonchev–Trinajstić information content (AvgIpc) is 3.63. The Hall–Kier alpha value is -5.20. The molecule has 0 bridgehead atoms. The summed E-state index contributed by atoms with van der Waals surface area (Å²) in [6, 6.07) is 10.6. The zero-order valence-corrected chi connectivity index (χ0v) is 20.4. The molecule has 6 N–H and O–H groups in total. The van der Waals surface area contributed by atoms with Gasteiger partial charge in [-0.1, -0.05) is 24.3 Å². The van der Waals surface area contributed by atoms with E-state index in [0.29, 0.717) is 12.1 Å². The van der Waals surface area contributed by atoms with E-state index in [-0.39, 0.29) is 29.7 Å². The summed E-state index contributed by atoms with van der Waals surface area (Å²) in [6.45, 7) is 0.443. The first-order chi connectivity index (χ1) is 19.3. The molecule has 4 aromatic rings. The second kappa shape index (κ2) is 14.8. The van der Waals surface area contributed by atoms with Crippen LogP contribution >= 0.6 is 0 Å². The molecule has 41 heavy (non-hydrogen) atoms. The molecule has 0 saturated carbocycles. The van der Waals surface area contributed by atoms with Crippen molar-refractivity contribution in [3.8, 4) is 11.5 Å². The maximum atomic E-state index is 12.0. The maximum Gasteiger partial charge on any atom is 0.573 e. The van der Waals surface area contributed by atoms with Crippen LogP contribution in [0.25, 0.3) is 0 Å². The number of carbonyl (C=O) groups excluding carboxylic acids is 1. The summed E-state index contributed by atoms with van der Waals surface area (Å²) in [4.78, 5) is 28.5. The van der Waals surface area contributed by atoms with Crippen molar-refractivity contribution in [3.05, 3.63) is 84.0 Å². The van der Waals surface area contributed by atoms with Gasteiger partial charge in [0.25, 0.3) is 5.91 Å². The Labute approximate surface area is 225 Å². The van der Waals surface area contributed by atoms with Gasteiger partial charge in [0.2, 0.25) is 11.6 Å². The van der Waals surface area contributed by atoms with Gasteiger partial charge < -0.3 is 25.6 Å². The molecular weight excluding hydrogens is 570 g/mol. The van der Waals surface area contributed by atoms with E-state index in [0.717, 1.165) is 11.9 Å². The van der Waals surface area contributed by atoms with Crippen molar-refractivity contribution in [2.45, 2.75) is 25.8 Å². The molecule has 0 saturated heterocycles. The Morgan fingerprint density at radius 3 is 1.56 bits per heavy atom. The van der Waals surface area contributed by atoms with Gasteiger partial charge in [0.1, 0.15) is 24.2 Å². The number of hydrogen-bond acceptors (Lipinski definition) is 9. The smallest absolute Gasteiger partial charge is 0.475 e. The van der Waals surface area contributed by atoms with Crippen LogP contribution in [0.1, 0.15) is 32.4 Å². The Morgan fingerprint density at radius 1 is 0.780 bits per heavy atom. The van der Waals surface area contributed by atoms with Crippen LogP contribution in [0.5, 0.6) is 11.5 Å². The van der Waals surface area contributed by atoms with Crippen LogP contribution < -0.4 is 20.5 Å². The third kappa shape index (κ3) is 12.9. The SMILES string of the molecule is NCc1ccc(OC(F)(F)F)cc1.O=C(NCc1ccc(OC(F)(F)F)cc1)c1ncn[nH]1.O=C(O)c1ncn[nH]1. The lowest BCUT2D eigenvalue weighted by atomic mass is 10.2. The fraction of sp³-hybridized carbons (Fsp3) is 0.182. The minimum atomic E-state index is -4.72. The number of halogens is 6. The van der Waals surface area contributed by atoms with Crippen molar-refractivity contribution in [2.24, 2.45) is 5.73 Å². The number of carboxylic acids is 1. The van der Waals surface area contributed by atoms with Crippen LogP contribution in [0, 0.1) is 0 Å². The van der Waals surface area contributed by atoms with Crippen molar-refractivity contribution in [1.82, 2.24) is 35.7 Å². The molecule has 0 aliphatic rings. The molecule has 0 radical (unpaired) electrons. The number of nitrogens with zero attached hydrogens (tertiary/aromatic N) is 4. The van der Waals surface area contributed by atoms with Crippen molar-refractivity contribution >= 4 is 11.9 Å². The highest BCUT2D eigenvalue weighted by molar-refractivity contribution is 5.90. The van der Waals surface area contributed by atoms with Gasteiger partial charge in [-0.15, -0.1) is 26.3 Å². The molecule has 1 amide bonds. The molecule has 4 rings (SSSR count). The van der Waals surface area contributed by atoms with E-state index in [4.69, 9.17) is 10.8 Å². The van der Waals surface area contributed by atoms with Crippen molar-refractivity contribution in [3.63, 3.8) is 0 Å². The number of nitrogens with one attached hydrogen (secondary N) is 3. The normalized spacial score (nSPS) is 10.8. The molecule has 0 spiro atoms. The van der Waals surface area contributed by atoms with Crippen LogP contribution in [0.4, 0.5) is 26.3 Å². The van der Waals surface area contributed by atoms with Gasteiger partial charge in [-0.05, 0) is 35.4 Å². The van der Waals surface area contributed by atoms with E-state index < -0.39 is 24.6 Å². The summed E-state index contributed by atoms with van der Waals surface area (Å²) in [5, 5.41) is 22.1. The molecule has 2 aromatic carbocycles. The molecule has 220 valence electrons. The molecule has 0 fully saturated rings. The molecule has 13 nitrogen and oxygen atoms in total. The molecule has 2 aromatic heterocycles. The Bertz CT molecular complexity index is 1330. The number of nitrogens with two attached hydrogens (primary N) is 1.